The smallest absolute Gasteiger partial charge is 0.0468 e. The maximum Gasteiger partial charge on any atom is 0.0468 e. The quantitative estimate of drug-likeness (QED) is 0.177. The zero-order chi connectivity index (χ0) is 35.8. The Hall–Kier alpha value is -5.40. The van der Waals surface area contributed by atoms with E-state index in [-0.39, 0.29) is 10.8 Å². The van der Waals surface area contributed by atoms with Crippen LogP contribution in [0.1, 0.15) is 68.2 Å². The zero-order valence-electron chi connectivity index (χ0n) is 31.2. The number of fused-ring (bicyclic) bond motifs is 7. The van der Waals surface area contributed by atoms with Crippen LogP contribution in [0, 0.1) is 23.7 Å². The van der Waals surface area contributed by atoms with Gasteiger partial charge in [-0.25, -0.2) is 0 Å². The van der Waals surface area contributed by atoms with Gasteiger partial charge in [0, 0.05) is 27.9 Å². The van der Waals surface area contributed by atoms with Gasteiger partial charge >= 0.3 is 0 Å². The van der Waals surface area contributed by atoms with Crippen LogP contribution in [-0.2, 0) is 10.8 Å². The second-order valence-electron chi connectivity index (χ2n) is 17.8. The predicted octanol–water partition coefficient (Wildman–Crippen LogP) is 14.0. The molecule has 0 aromatic heterocycles. The molecule has 4 fully saturated rings. The Morgan fingerprint density at radius 1 is 0.426 bits per heavy atom. The van der Waals surface area contributed by atoms with Gasteiger partial charge in [-0.1, -0.05) is 129 Å². The van der Waals surface area contributed by atoms with Crippen molar-refractivity contribution in [2.24, 2.45) is 23.7 Å². The Morgan fingerprint density at radius 3 is 1.74 bits per heavy atom. The third kappa shape index (κ3) is 4.11. The normalized spacial score (nSPS) is 24.7. The summed E-state index contributed by atoms with van der Waals surface area (Å²) in [6.07, 6.45) is 7.05. The Labute approximate surface area is 319 Å². The average Bonchev–Trinajstić information content (AvgIpc) is 3.63. The molecule has 0 amide bonds. The lowest BCUT2D eigenvalue weighted by Gasteiger charge is -2.61. The van der Waals surface area contributed by atoms with Gasteiger partial charge in [0.25, 0.3) is 0 Å². The average molecular weight is 696 g/mol. The van der Waals surface area contributed by atoms with Crippen molar-refractivity contribution in [1.82, 2.24) is 0 Å². The summed E-state index contributed by atoms with van der Waals surface area (Å²) < 4.78 is 0. The van der Waals surface area contributed by atoms with E-state index in [1.165, 1.54) is 104 Å². The minimum absolute atomic E-state index is 0.0613. The maximum atomic E-state index is 2.63. The minimum atomic E-state index is -0.0613. The molecule has 0 N–H and O–H groups in total. The van der Waals surface area contributed by atoms with Crippen LogP contribution >= 0.6 is 0 Å². The van der Waals surface area contributed by atoms with Crippen molar-refractivity contribution in [2.75, 3.05) is 4.90 Å². The highest BCUT2D eigenvalue weighted by Gasteiger charge is 2.61. The molecule has 0 heterocycles. The first-order chi connectivity index (χ1) is 26.5. The van der Waals surface area contributed by atoms with Crippen molar-refractivity contribution >= 4 is 27.8 Å². The third-order valence-corrected chi connectivity index (χ3v) is 14.8. The molecule has 54 heavy (non-hydrogen) atoms. The molecule has 4 bridgehead atoms. The van der Waals surface area contributed by atoms with Crippen molar-refractivity contribution in [1.29, 1.82) is 0 Å². The lowest BCUT2D eigenvalue weighted by molar-refractivity contribution is -0.0399. The number of benzene rings is 7. The van der Waals surface area contributed by atoms with Gasteiger partial charge in [-0.2, -0.15) is 0 Å². The van der Waals surface area contributed by atoms with E-state index in [4.69, 9.17) is 0 Å². The third-order valence-electron chi connectivity index (χ3n) is 14.8. The number of hydrogen-bond donors (Lipinski definition) is 0. The lowest BCUT2D eigenvalue weighted by atomic mass is 9.43. The molecule has 262 valence electrons. The van der Waals surface area contributed by atoms with Crippen LogP contribution in [0.25, 0.3) is 44.2 Å². The van der Waals surface area contributed by atoms with Crippen molar-refractivity contribution in [3.63, 3.8) is 0 Å². The zero-order valence-corrected chi connectivity index (χ0v) is 31.2. The van der Waals surface area contributed by atoms with E-state index in [0.29, 0.717) is 0 Å². The second kappa shape index (κ2) is 11.1. The van der Waals surface area contributed by atoms with E-state index in [0.717, 1.165) is 23.7 Å². The SMILES string of the molecule is CC1(C)c2ccccc2-c2cccc(-c3ccc(N(c4ccc5c(c4)C4(c6ccccc6-5)C5CC6CC(C5)CC4C6)c4ccc5ccccc5c4)cc3)c21. The largest absolute Gasteiger partial charge is 0.310 e. The molecule has 1 nitrogen and oxygen atoms in total. The van der Waals surface area contributed by atoms with Gasteiger partial charge in [0.1, 0.15) is 0 Å². The molecule has 4 saturated carbocycles. The van der Waals surface area contributed by atoms with Crippen LogP contribution < -0.4 is 4.90 Å². The monoisotopic (exact) mass is 695 g/mol. The van der Waals surface area contributed by atoms with Gasteiger partial charge in [-0.15, -0.1) is 0 Å². The van der Waals surface area contributed by atoms with Crippen molar-refractivity contribution < 1.29 is 0 Å². The molecule has 7 aromatic rings. The van der Waals surface area contributed by atoms with Crippen molar-refractivity contribution in [3.8, 4) is 33.4 Å². The first-order valence-electron chi connectivity index (χ1n) is 20.4. The standard InChI is InChI=1S/C53H45N/c1-52(2)48-16-7-5-13-45(48)47-15-9-14-43(51(47)52)36-19-21-40(22-20-36)54(41-23-18-35-10-3-4-11-37(35)31-41)42-24-25-46-44-12-6-8-17-49(44)53(50(46)32-42)38-27-33-26-34(29-38)30-39(53)28-33/h3-25,31-34,38-39H,26-30H2,1-2H3. The van der Waals surface area contributed by atoms with Crippen LogP contribution in [-0.4, -0.2) is 0 Å². The fourth-order valence-electron chi connectivity index (χ4n) is 12.9. The molecule has 1 spiro atoms. The molecule has 0 radical (unpaired) electrons. The van der Waals surface area contributed by atoms with Crippen LogP contribution in [0.5, 0.6) is 0 Å². The molecule has 0 unspecified atom stereocenters. The summed E-state index contributed by atoms with van der Waals surface area (Å²) in [5.74, 6) is 3.33. The van der Waals surface area contributed by atoms with Crippen molar-refractivity contribution in [3.05, 3.63) is 174 Å². The van der Waals surface area contributed by atoms with Crippen LogP contribution in [0.4, 0.5) is 17.1 Å². The molecule has 7 aromatic carbocycles. The molecule has 6 aliphatic carbocycles. The van der Waals surface area contributed by atoms with E-state index >= 15 is 0 Å². The lowest BCUT2D eigenvalue weighted by Crippen LogP contribution is -2.55. The Kier molecular flexibility index (Phi) is 6.36. The van der Waals surface area contributed by atoms with E-state index < -0.39 is 0 Å². The van der Waals surface area contributed by atoms with Gasteiger partial charge < -0.3 is 4.90 Å². The maximum absolute atomic E-state index is 2.63. The highest BCUT2D eigenvalue weighted by Crippen LogP contribution is 2.69. The topological polar surface area (TPSA) is 3.24 Å². The summed E-state index contributed by atoms with van der Waals surface area (Å²) in [6.45, 7) is 4.78. The molecule has 13 rings (SSSR count). The van der Waals surface area contributed by atoms with Crippen LogP contribution in [0.15, 0.2) is 152 Å². The summed E-state index contributed by atoms with van der Waals surface area (Å²) >= 11 is 0. The fourth-order valence-corrected chi connectivity index (χ4v) is 12.9. The highest BCUT2D eigenvalue weighted by molar-refractivity contribution is 5.92. The number of anilines is 3. The van der Waals surface area contributed by atoms with Crippen LogP contribution in [0.3, 0.4) is 0 Å². The Bertz CT molecular complexity index is 2630. The Balaban J connectivity index is 1.02. The van der Waals surface area contributed by atoms with E-state index in [2.05, 4.69) is 170 Å². The Morgan fingerprint density at radius 2 is 0.981 bits per heavy atom. The van der Waals surface area contributed by atoms with Gasteiger partial charge in [-0.05, 0) is 159 Å². The summed E-state index contributed by atoms with van der Waals surface area (Å²) in [5.41, 5.74) is 18.1. The van der Waals surface area contributed by atoms with E-state index in [1.807, 2.05) is 0 Å². The molecule has 0 aliphatic heterocycles. The highest BCUT2D eigenvalue weighted by atomic mass is 15.1. The summed E-state index contributed by atoms with van der Waals surface area (Å²) in [4.78, 5) is 2.53. The summed E-state index contributed by atoms with van der Waals surface area (Å²) in [7, 11) is 0. The van der Waals surface area contributed by atoms with E-state index in [1.54, 1.807) is 11.1 Å². The fraction of sp³-hybridized carbons (Fsp3) is 0.245. The number of nitrogens with zero attached hydrogens (tertiary/aromatic N) is 1. The summed E-state index contributed by atoms with van der Waals surface area (Å²) in [5, 5.41) is 2.54. The minimum Gasteiger partial charge on any atom is -0.310 e. The first kappa shape index (κ1) is 31.0. The van der Waals surface area contributed by atoms with Gasteiger partial charge in [0.05, 0.1) is 0 Å². The number of hydrogen-bond acceptors (Lipinski definition) is 1. The van der Waals surface area contributed by atoms with E-state index in [9.17, 15) is 0 Å². The molecule has 0 atom stereocenters. The molecule has 0 saturated heterocycles. The predicted molar refractivity (Wildman–Crippen MR) is 225 cm³/mol. The summed E-state index contributed by atoms with van der Waals surface area (Å²) in [6, 6.07) is 58.0. The van der Waals surface area contributed by atoms with Gasteiger partial charge in [-0.3, -0.25) is 0 Å². The molecule has 6 aliphatic rings. The van der Waals surface area contributed by atoms with Crippen molar-refractivity contribution in [2.45, 2.75) is 56.8 Å². The number of rotatable bonds is 4. The van der Waals surface area contributed by atoms with Gasteiger partial charge in [0.2, 0.25) is 0 Å². The first-order valence-corrected chi connectivity index (χ1v) is 20.4. The second-order valence-corrected chi connectivity index (χ2v) is 17.8. The molecule has 1 heteroatoms. The van der Waals surface area contributed by atoms with Crippen LogP contribution in [0.2, 0.25) is 0 Å². The molecular formula is C53H45N. The van der Waals surface area contributed by atoms with Gasteiger partial charge in [0.15, 0.2) is 0 Å². The molecular weight excluding hydrogens is 651 g/mol.